The van der Waals surface area contributed by atoms with E-state index < -0.39 is 37.1 Å². The maximum Gasteiger partial charge on any atom is 0.633 e. The molecule has 0 aromatic carbocycles. The molecule has 2 amide bonds. The van der Waals surface area contributed by atoms with Crippen molar-refractivity contribution in [1.82, 2.24) is 15.5 Å². The van der Waals surface area contributed by atoms with E-state index in [9.17, 15) is 19.2 Å². The number of hydrogen-bond acceptors (Lipinski definition) is 8. The van der Waals surface area contributed by atoms with Crippen LogP contribution in [0.5, 0.6) is 0 Å². The lowest BCUT2D eigenvalue weighted by Crippen LogP contribution is -2.48. The van der Waals surface area contributed by atoms with Crippen LogP contribution in [0.15, 0.2) is 12.1 Å². The molecule has 10 nitrogen and oxygen atoms in total. The van der Waals surface area contributed by atoms with Crippen LogP contribution in [-0.2, 0) is 28.4 Å². The van der Waals surface area contributed by atoms with Gasteiger partial charge in [0.05, 0.1) is 20.2 Å². The van der Waals surface area contributed by atoms with Crippen molar-refractivity contribution < 1.29 is 33.2 Å². The summed E-state index contributed by atoms with van der Waals surface area (Å²) in [5, 5.41) is 4.74. The fourth-order valence-electron chi connectivity index (χ4n) is 1.80. The van der Waals surface area contributed by atoms with Crippen LogP contribution in [0.25, 0.3) is 0 Å². The number of nitrogens with one attached hydrogen (secondary N) is 2. The number of hydrogen-bond donors (Lipinski definition) is 2. The highest BCUT2D eigenvalue weighted by atomic mass is 16.6. The molecule has 1 rings (SSSR count). The molecule has 0 aliphatic carbocycles. The molecular weight excluding hydrogens is 321 g/mol. The Hall–Kier alpha value is -2.56. The Kier molecular flexibility index (Phi) is 7.24. The predicted octanol–water partition coefficient (Wildman–Crippen LogP) is -1.54. The molecule has 1 heterocycles. The van der Waals surface area contributed by atoms with Gasteiger partial charge in [-0.25, -0.2) is 4.79 Å². The smallest absolute Gasteiger partial charge is 0.494 e. The molecule has 1 fully saturated rings. The van der Waals surface area contributed by atoms with Gasteiger partial charge in [-0.3, -0.25) is 19.3 Å². The lowest BCUT2D eigenvalue weighted by atomic mass is 9.75. The molecule has 1 aliphatic rings. The predicted molar refractivity (Wildman–Crippen MR) is 82.6 cm³/mol. The molecule has 0 unspecified atom stereocenters. The van der Waals surface area contributed by atoms with Gasteiger partial charge in [-0.05, 0) is 14.0 Å². The Morgan fingerprint density at radius 2 is 1.88 bits per heavy atom. The number of ether oxygens (including phenoxy) is 1. The van der Waals surface area contributed by atoms with Gasteiger partial charge in [0.2, 0.25) is 5.91 Å². The van der Waals surface area contributed by atoms with Crippen molar-refractivity contribution in [3.8, 4) is 0 Å². The van der Waals surface area contributed by atoms with E-state index in [1.165, 1.54) is 12.0 Å². The Morgan fingerprint density at radius 1 is 1.33 bits per heavy atom. The minimum Gasteiger partial charge on any atom is -0.494 e. The van der Waals surface area contributed by atoms with Gasteiger partial charge in [-0.15, -0.1) is 0 Å². The standard InChI is InChI=1S/C13H20BN3O7/c1-8(9(2)16-10(18)5-15-13(21)22-4)14-23-11(19)6-17(3)7-12(20)24-14/h9H,1,5-7H2,2-4H3,(H,15,21)(H,16,18)/t9-/m0/s1. The molecular formula is C13H20BN3O7. The summed E-state index contributed by atoms with van der Waals surface area (Å²) in [6.07, 6.45) is -0.747. The van der Waals surface area contributed by atoms with E-state index in [1.54, 1.807) is 14.0 Å². The molecule has 0 aromatic heterocycles. The number of nitrogens with zero attached hydrogens (tertiary/aromatic N) is 1. The van der Waals surface area contributed by atoms with Crippen molar-refractivity contribution in [2.45, 2.75) is 13.0 Å². The minimum absolute atomic E-state index is 0.0668. The molecule has 1 aliphatic heterocycles. The molecule has 0 saturated carbocycles. The van der Waals surface area contributed by atoms with Crippen LogP contribution in [0.1, 0.15) is 6.92 Å². The Labute approximate surface area is 139 Å². The topological polar surface area (TPSA) is 123 Å². The first-order valence-electron chi connectivity index (χ1n) is 7.10. The van der Waals surface area contributed by atoms with Crippen LogP contribution in [0, 0.1) is 0 Å². The van der Waals surface area contributed by atoms with Gasteiger partial charge in [-0.1, -0.05) is 6.58 Å². The Morgan fingerprint density at radius 3 is 2.38 bits per heavy atom. The largest absolute Gasteiger partial charge is 0.633 e. The van der Waals surface area contributed by atoms with Gasteiger partial charge in [-0.2, -0.15) is 0 Å². The molecule has 1 saturated heterocycles. The van der Waals surface area contributed by atoms with Crippen molar-refractivity contribution in [2.75, 3.05) is 33.8 Å². The highest BCUT2D eigenvalue weighted by Crippen LogP contribution is 2.10. The second kappa shape index (κ2) is 8.92. The normalized spacial score (nSPS) is 16.9. The lowest BCUT2D eigenvalue weighted by molar-refractivity contribution is -0.145. The fraction of sp³-hybridized carbons (Fsp3) is 0.538. The van der Waals surface area contributed by atoms with Crippen LogP contribution < -0.4 is 10.6 Å². The van der Waals surface area contributed by atoms with Gasteiger partial charge in [0.1, 0.15) is 6.54 Å². The molecule has 0 aromatic rings. The van der Waals surface area contributed by atoms with Crippen LogP contribution in [0.3, 0.4) is 0 Å². The Bertz CT molecular complexity index is 520. The summed E-state index contributed by atoms with van der Waals surface area (Å²) >= 11 is 0. The molecule has 2 N–H and O–H groups in total. The third kappa shape index (κ3) is 6.28. The van der Waals surface area contributed by atoms with E-state index in [-0.39, 0.29) is 25.1 Å². The van der Waals surface area contributed by atoms with E-state index in [0.29, 0.717) is 0 Å². The number of likely N-dealkylation sites (N-methyl/N-ethyl adjacent to an activating group) is 1. The van der Waals surface area contributed by atoms with E-state index in [1.807, 2.05) is 0 Å². The fourth-order valence-corrected chi connectivity index (χ4v) is 1.80. The summed E-state index contributed by atoms with van der Waals surface area (Å²) in [5.41, 5.74) is 0.188. The van der Waals surface area contributed by atoms with Crippen molar-refractivity contribution in [1.29, 1.82) is 0 Å². The molecule has 0 radical (unpaired) electrons. The van der Waals surface area contributed by atoms with Crippen molar-refractivity contribution in [2.24, 2.45) is 0 Å². The van der Waals surface area contributed by atoms with Crippen molar-refractivity contribution in [3.05, 3.63) is 12.1 Å². The molecule has 1 atom stereocenters. The summed E-state index contributed by atoms with van der Waals surface area (Å²) in [7, 11) is 1.46. The number of rotatable bonds is 5. The molecule has 0 bridgehead atoms. The quantitative estimate of drug-likeness (QED) is 0.577. The zero-order valence-electron chi connectivity index (χ0n) is 13.8. The first kappa shape index (κ1) is 19.5. The second-order valence-corrected chi connectivity index (χ2v) is 5.19. The molecule has 0 spiro atoms. The zero-order chi connectivity index (χ0) is 18.3. The molecule has 11 heteroatoms. The average molecular weight is 341 g/mol. The van der Waals surface area contributed by atoms with Crippen molar-refractivity contribution >= 4 is 31.1 Å². The number of alkyl carbamates (subject to hydrolysis) is 1. The van der Waals surface area contributed by atoms with Gasteiger partial charge in [0.15, 0.2) is 0 Å². The van der Waals surface area contributed by atoms with Gasteiger partial charge < -0.3 is 24.7 Å². The number of methoxy groups -OCH3 is 1. The van der Waals surface area contributed by atoms with E-state index in [2.05, 4.69) is 21.9 Å². The van der Waals surface area contributed by atoms with E-state index in [0.717, 1.165) is 0 Å². The summed E-state index contributed by atoms with van der Waals surface area (Å²) in [4.78, 5) is 47.4. The monoisotopic (exact) mass is 341 g/mol. The van der Waals surface area contributed by atoms with Crippen LogP contribution in [-0.4, -0.2) is 75.8 Å². The third-order valence-electron chi connectivity index (χ3n) is 3.09. The average Bonchev–Trinajstić information content (AvgIpc) is 2.49. The van der Waals surface area contributed by atoms with Crippen LogP contribution >= 0.6 is 0 Å². The number of carbonyl (C=O) groups excluding carboxylic acids is 4. The minimum atomic E-state index is -1.29. The SMILES string of the molecule is C=C(B1OC(=O)CN(C)CC(=O)O1)[C@H](C)NC(=O)CNC(=O)OC. The van der Waals surface area contributed by atoms with E-state index in [4.69, 9.17) is 9.31 Å². The summed E-state index contributed by atoms with van der Waals surface area (Å²) < 4.78 is 14.4. The Balaban J connectivity index is 2.59. The van der Waals surface area contributed by atoms with Gasteiger partial charge >= 0.3 is 25.2 Å². The molecule has 24 heavy (non-hydrogen) atoms. The van der Waals surface area contributed by atoms with Gasteiger partial charge in [0.25, 0.3) is 0 Å². The summed E-state index contributed by atoms with van der Waals surface area (Å²) in [6, 6.07) is -0.667. The first-order valence-corrected chi connectivity index (χ1v) is 7.10. The highest BCUT2D eigenvalue weighted by Gasteiger charge is 2.37. The maximum absolute atomic E-state index is 11.7. The second-order valence-electron chi connectivity index (χ2n) is 5.19. The van der Waals surface area contributed by atoms with Crippen LogP contribution in [0.2, 0.25) is 0 Å². The maximum atomic E-state index is 11.7. The zero-order valence-corrected chi connectivity index (χ0v) is 13.8. The lowest BCUT2D eigenvalue weighted by Gasteiger charge is -2.25. The first-order chi connectivity index (χ1) is 11.2. The summed E-state index contributed by atoms with van der Waals surface area (Å²) in [6.45, 7) is 4.84. The van der Waals surface area contributed by atoms with Crippen LogP contribution in [0.4, 0.5) is 4.79 Å². The highest BCUT2D eigenvalue weighted by molar-refractivity contribution is 6.57. The van der Waals surface area contributed by atoms with Gasteiger partial charge in [0, 0.05) is 11.5 Å². The number of amides is 2. The number of carbonyl (C=O) groups is 4. The van der Waals surface area contributed by atoms with Crippen molar-refractivity contribution in [3.63, 3.8) is 0 Å². The van der Waals surface area contributed by atoms with E-state index >= 15 is 0 Å². The third-order valence-corrected chi connectivity index (χ3v) is 3.09. The molecule has 132 valence electrons. The summed E-state index contributed by atoms with van der Waals surface area (Å²) in [5.74, 6) is -1.68.